The van der Waals surface area contributed by atoms with E-state index in [-0.39, 0.29) is 5.41 Å². The van der Waals surface area contributed by atoms with Gasteiger partial charge in [-0.25, -0.2) is 0 Å². The van der Waals surface area contributed by atoms with Crippen molar-refractivity contribution in [2.24, 2.45) is 0 Å². The Labute approximate surface area is 201 Å². The molecule has 5 aromatic carbocycles. The fourth-order valence-electron chi connectivity index (χ4n) is 5.77. The second-order valence-electron chi connectivity index (χ2n) is 9.41. The molecular formula is C33H27N. The van der Waals surface area contributed by atoms with Crippen LogP contribution in [0.3, 0.4) is 0 Å². The monoisotopic (exact) mass is 437 g/mol. The van der Waals surface area contributed by atoms with Crippen molar-refractivity contribution in [2.75, 3.05) is 5.73 Å². The molecule has 0 radical (unpaired) electrons. The average Bonchev–Trinajstić information content (AvgIpc) is 3.13. The lowest BCUT2D eigenvalue weighted by atomic mass is 9.72. The first-order valence-electron chi connectivity index (χ1n) is 11.9. The minimum atomic E-state index is -0.193. The summed E-state index contributed by atoms with van der Waals surface area (Å²) in [5.74, 6) is 0. The quantitative estimate of drug-likeness (QED) is 0.282. The first-order chi connectivity index (χ1) is 16.7. The fourth-order valence-corrected chi connectivity index (χ4v) is 5.77. The van der Waals surface area contributed by atoms with Crippen molar-refractivity contribution in [3.05, 3.63) is 138 Å². The maximum absolute atomic E-state index is 7.07. The van der Waals surface area contributed by atoms with Gasteiger partial charge < -0.3 is 5.73 Å². The highest BCUT2D eigenvalue weighted by molar-refractivity contribution is 6.00. The Bertz CT molecular complexity index is 1470. The maximum atomic E-state index is 7.07. The van der Waals surface area contributed by atoms with Crippen LogP contribution in [0.25, 0.3) is 33.4 Å². The van der Waals surface area contributed by atoms with E-state index in [4.69, 9.17) is 5.73 Å². The van der Waals surface area contributed by atoms with Crippen LogP contribution in [-0.4, -0.2) is 0 Å². The second kappa shape index (κ2) is 8.04. The van der Waals surface area contributed by atoms with Crippen molar-refractivity contribution in [3.63, 3.8) is 0 Å². The summed E-state index contributed by atoms with van der Waals surface area (Å²) in [7, 11) is 0. The molecule has 0 bridgehead atoms. The van der Waals surface area contributed by atoms with E-state index in [1.54, 1.807) is 0 Å². The summed E-state index contributed by atoms with van der Waals surface area (Å²) < 4.78 is 0. The van der Waals surface area contributed by atoms with E-state index in [9.17, 15) is 0 Å². The third kappa shape index (κ3) is 3.16. The van der Waals surface area contributed by atoms with Crippen molar-refractivity contribution < 1.29 is 0 Å². The Kier molecular flexibility index (Phi) is 4.85. The fraction of sp³-hybridized carbons (Fsp3) is 0.0909. The smallest absolute Gasteiger partial charge is 0.0476 e. The first-order valence-corrected chi connectivity index (χ1v) is 11.9. The van der Waals surface area contributed by atoms with Crippen LogP contribution in [-0.2, 0) is 11.8 Å². The first kappa shape index (κ1) is 20.5. The van der Waals surface area contributed by atoms with Crippen LogP contribution < -0.4 is 5.73 Å². The molecule has 0 aliphatic heterocycles. The molecule has 164 valence electrons. The molecular weight excluding hydrogens is 410 g/mol. The lowest BCUT2D eigenvalue weighted by molar-refractivity contribution is 0.584. The Morgan fingerprint density at radius 3 is 1.82 bits per heavy atom. The normalized spacial score (nSPS) is 16.1. The Balaban J connectivity index is 1.71. The molecule has 0 spiro atoms. The third-order valence-corrected chi connectivity index (χ3v) is 7.28. The topological polar surface area (TPSA) is 26.0 Å². The van der Waals surface area contributed by atoms with Gasteiger partial charge in [0, 0.05) is 22.2 Å². The Morgan fingerprint density at radius 2 is 1.15 bits per heavy atom. The molecule has 2 N–H and O–H groups in total. The van der Waals surface area contributed by atoms with Crippen LogP contribution in [0.5, 0.6) is 0 Å². The van der Waals surface area contributed by atoms with E-state index in [1.165, 1.54) is 33.4 Å². The van der Waals surface area contributed by atoms with Crippen molar-refractivity contribution in [1.82, 2.24) is 0 Å². The third-order valence-electron chi connectivity index (χ3n) is 7.28. The Hall–Kier alpha value is -4.10. The summed E-state index contributed by atoms with van der Waals surface area (Å²) in [6, 6.07) is 43.2. The molecule has 5 aromatic rings. The molecule has 1 aliphatic carbocycles. The van der Waals surface area contributed by atoms with Crippen LogP contribution in [0, 0.1) is 0 Å². The zero-order valence-electron chi connectivity index (χ0n) is 19.3. The second-order valence-corrected chi connectivity index (χ2v) is 9.41. The minimum Gasteiger partial charge on any atom is -0.398 e. The number of rotatable bonds is 4. The van der Waals surface area contributed by atoms with Crippen LogP contribution in [0.1, 0.15) is 23.6 Å². The summed E-state index contributed by atoms with van der Waals surface area (Å²) in [6.45, 7) is 2.39. The number of hydrogen-bond acceptors (Lipinski definition) is 1. The van der Waals surface area contributed by atoms with Gasteiger partial charge >= 0.3 is 0 Å². The van der Waals surface area contributed by atoms with Gasteiger partial charge in [-0.1, -0.05) is 122 Å². The van der Waals surface area contributed by atoms with Crippen molar-refractivity contribution in [2.45, 2.75) is 18.8 Å². The number of benzene rings is 5. The predicted octanol–water partition coefficient (Wildman–Crippen LogP) is 8.13. The SMILES string of the molecule is CC1(Cc2ccccc2)c2ccccc2-c2cc(-c3ccccc3)c(N)c(-c3ccccc3)c21. The van der Waals surface area contributed by atoms with Gasteiger partial charge in [-0.15, -0.1) is 0 Å². The average molecular weight is 438 g/mol. The molecule has 0 fully saturated rings. The van der Waals surface area contributed by atoms with E-state index in [0.29, 0.717) is 0 Å². The molecule has 0 saturated carbocycles. The molecule has 34 heavy (non-hydrogen) atoms. The number of nitrogen functional groups attached to an aromatic ring is 1. The van der Waals surface area contributed by atoms with E-state index in [1.807, 2.05) is 0 Å². The van der Waals surface area contributed by atoms with Crippen LogP contribution in [0.2, 0.25) is 0 Å². The maximum Gasteiger partial charge on any atom is 0.0476 e. The number of hydrogen-bond donors (Lipinski definition) is 1. The number of nitrogens with two attached hydrogens (primary N) is 1. The van der Waals surface area contributed by atoms with Gasteiger partial charge in [0.05, 0.1) is 0 Å². The zero-order valence-corrected chi connectivity index (χ0v) is 19.3. The summed E-state index contributed by atoms with van der Waals surface area (Å²) in [6.07, 6.45) is 0.918. The lowest BCUT2D eigenvalue weighted by Crippen LogP contribution is -2.25. The highest BCUT2D eigenvalue weighted by Crippen LogP contribution is 2.56. The van der Waals surface area contributed by atoms with Gasteiger partial charge in [-0.3, -0.25) is 0 Å². The van der Waals surface area contributed by atoms with E-state index in [0.717, 1.165) is 28.8 Å². The van der Waals surface area contributed by atoms with Crippen LogP contribution in [0.4, 0.5) is 5.69 Å². The van der Waals surface area contributed by atoms with Gasteiger partial charge in [-0.2, -0.15) is 0 Å². The van der Waals surface area contributed by atoms with Crippen molar-refractivity contribution in [3.8, 4) is 33.4 Å². The molecule has 0 heterocycles. The molecule has 0 saturated heterocycles. The highest BCUT2D eigenvalue weighted by Gasteiger charge is 2.42. The lowest BCUT2D eigenvalue weighted by Gasteiger charge is -2.31. The van der Waals surface area contributed by atoms with Gasteiger partial charge in [0.1, 0.15) is 0 Å². The van der Waals surface area contributed by atoms with Crippen molar-refractivity contribution in [1.29, 1.82) is 0 Å². The van der Waals surface area contributed by atoms with Gasteiger partial charge in [0.25, 0.3) is 0 Å². The molecule has 1 heteroatoms. The number of fused-ring (bicyclic) bond motifs is 3. The summed E-state index contributed by atoms with van der Waals surface area (Å²) in [4.78, 5) is 0. The van der Waals surface area contributed by atoms with E-state index >= 15 is 0 Å². The van der Waals surface area contributed by atoms with Gasteiger partial charge in [0.15, 0.2) is 0 Å². The molecule has 1 nitrogen and oxygen atoms in total. The molecule has 6 rings (SSSR count). The molecule has 0 amide bonds. The highest BCUT2D eigenvalue weighted by atomic mass is 14.6. The molecule has 1 atom stereocenters. The van der Waals surface area contributed by atoms with E-state index in [2.05, 4.69) is 128 Å². The molecule has 0 aromatic heterocycles. The van der Waals surface area contributed by atoms with Gasteiger partial charge in [-0.05, 0) is 51.4 Å². The summed E-state index contributed by atoms with van der Waals surface area (Å²) in [5, 5.41) is 0. The van der Waals surface area contributed by atoms with Crippen molar-refractivity contribution >= 4 is 5.69 Å². The molecule has 1 aliphatic rings. The van der Waals surface area contributed by atoms with Crippen LogP contribution >= 0.6 is 0 Å². The Morgan fingerprint density at radius 1 is 0.588 bits per heavy atom. The van der Waals surface area contributed by atoms with Gasteiger partial charge in [0.2, 0.25) is 0 Å². The standard InChI is InChI=1S/C33H27N/c1-33(22-23-13-5-2-6-14-23)29-20-12-11-19-26(29)28-21-27(24-15-7-3-8-16-24)32(34)30(31(28)33)25-17-9-4-10-18-25/h2-21H,22,34H2,1H3. The number of anilines is 1. The predicted molar refractivity (Wildman–Crippen MR) is 144 cm³/mol. The summed E-state index contributed by atoms with van der Waals surface area (Å²) in [5.41, 5.74) is 18.9. The van der Waals surface area contributed by atoms with E-state index < -0.39 is 0 Å². The summed E-state index contributed by atoms with van der Waals surface area (Å²) >= 11 is 0. The van der Waals surface area contributed by atoms with Crippen LogP contribution in [0.15, 0.2) is 121 Å². The zero-order chi connectivity index (χ0) is 23.1. The molecule has 1 unspecified atom stereocenters. The largest absolute Gasteiger partial charge is 0.398 e. The minimum absolute atomic E-state index is 0.193.